The van der Waals surface area contributed by atoms with E-state index >= 15 is 0 Å². The summed E-state index contributed by atoms with van der Waals surface area (Å²) in [4.78, 5) is 3.28. The van der Waals surface area contributed by atoms with Gasteiger partial charge in [-0.3, -0.25) is 4.94 Å². The van der Waals surface area contributed by atoms with Gasteiger partial charge in [0, 0.05) is 15.3 Å². The number of halogens is 5. The molecule has 2 aromatic rings. The second kappa shape index (κ2) is 3.62. The lowest BCUT2D eigenvalue weighted by molar-refractivity contribution is -0.00605. The lowest BCUT2D eigenvalue weighted by Crippen LogP contribution is -1.97. The molecule has 0 fully saturated rings. The van der Waals surface area contributed by atoms with Crippen molar-refractivity contribution in [2.24, 2.45) is 0 Å². The minimum absolute atomic E-state index is 0.434. The Kier molecular flexibility index (Phi) is 2.41. The highest BCUT2D eigenvalue weighted by atomic mass is 19.3. The van der Waals surface area contributed by atoms with E-state index in [-0.39, 0.29) is 0 Å². The second-order valence-electron chi connectivity index (χ2n) is 3.04. The van der Waals surface area contributed by atoms with Gasteiger partial charge in [0.2, 0.25) is 0 Å². The molecule has 0 aliphatic carbocycles. The third-order valence-corrected chi connectivity index (χ3v) is 2.13. The Bertz CT molecular complexity index is 567. The molecule has 0 heterocycles. The molecule has 1 nitrogen and oxygen atoms in total. The maximum atomic E-state index is 13.2. The molecule has 0 aromatic heterocycles. The zero-order chi connectivity index (χ0) is 11.9. The predicted octanol–water partition coefficient (Wildman–Crippen LogP) is 3.66. The van der Waals surface area contributed by atoms with Crippen molar-refractivity contribution in [2.75, 3.05) is 0 Å². The molecule has 0 aliphatic rings. The van der Waals surface area contributed by atoms with Crippen LogP contribution in [0.15, 0.2) is 18.2 Å². The van der Waals surface area contributed by atoms with Crippen molar-refractivity contribution < 1.29 is 27.0 Å². The van der Waals surface area contributed by atoms with Gasteiger partial charge in [-0.2, -0.15) is 0 Å². The summed E-state index contributed by atoms with van der Waals surface area (Å²) in [6, 6.07) is 2.59. The van der Waals surface area contributed by atoms with Gasteiger partial charge >= 0.3 is 0 Å². The number of hydrogen-bond donors (Lipinski definition) is 0. The van der Waals surface area contributed by atoms with E-state index in [1.54, 1.807) is 0 Å². The van der Waals surface area contributed by atoms with Crippen LogP contribution in [0.3, 0.4) is 0 Å². The molecule has 6 heteroatoms. The van der Waals surface area contributed by atoms with Crippen LogP contribution in [0.25, 0.3) is 10.8 Å². The molecule has 16 heavy (non-hydrogen) atoms. The highest BCUT2D eigenvalue weighted by Gasteiger charge is 2.20. The Balaban J connectivity index is 2.91. The molecule has 2 rings (SSSR count). The lowest BCUT2D eigenvalue weighted by Gasteiger charge is -2.04. The highest BCUT2D eigenvalue weighted by Crippen LogP contribution is 2.29. The first-order valence-corrected chi connectivity index (χ1v) is 4.10. The monoisotopic (exact) mass is 234 g/mol. The molecule has 0 bridgehead atoms. The Hall–Kier alpha value is -1.85. The molecular weight excluding hydrogens is 231 g/mol. The molecule has 0 aliphatic heterocycles. The first-order chi connectivity index (χ1) is 7.56. The second-order valence-corrected chi connectivity index (χ2v) is 3.04. The molecule has 0 spiro atoms. The fourth-order valence-electron chi connectivity index (χ4n) is 1.37. The number of fused-ring (bicyclic) bond motifs is 1. The molecule has 84 valence electrons. The summed E-state index contributed by atoms with van der Waals surface area (Å²) in [5, 5.41) is -1.08. The van der Waals surface area contributed by atoms with Gasteiger partial charge in [-0.25, -0.2) is 17.6 Å². The average molecular weight is 234 g/mol. The standard InChI is InChI=1S/C10H3F5O/c11-7-5-2-1-4(16-15)3-6(5)8(12)10(14)9(7)13/h1-3H. The SMILES string of the molecule is FOc1ccc2c(F)c(F)c(F)c(F)c2c1. The predicted molar refractivity (Wildman–Crippen MR) is 45.5 cm³/mol. The van der Waals surface area contributed by atoms with E-state index in [4.69, 9.17) is 0 Å². The summed E-state index contributed by atoms with van der Waals surface area (Å²) >= 11 is 0. The lowest BCUT2D eigenvalue weighted by atomic mass is 10.1. The van der Waals surface area contributed by atoms with Crippen molar-refractivity contribution in [3.05, 3.63) is 41.5 Å². The molecular formula is C10H3F5O. The average Bonchev–Trinajstić information content (AvgIpc) is 2.33. The van der Waals surface area contributed by atoms with Crippen molar-refractivity contribution >= 4 is 10.8 Å². The van der Waals surface area contributed by atoms with Crippen LogP contribution in [0.1, 0.15) is 0 Å². The maximum Gasteiger partial charge on any atom is 0.198 e. The van der Waals surface area contributed by atoms with Crippen LogP contribution in [-0.2, 0) is 0 Å². The fraction of sp³-hybridized carbons (Fsp3) is 0. The summed E-state index contributed by atoms with van der Waals surface area (Å²) < 4.78 is 63.8. The normalized spacial score (nSPS) is 10.8. The Morgan fingerprint density at radius 2 is 1.31 bits per heavy atom. The van der Waals surface area contributed by atoms with Gasteiger partial charge in [-0.05, 0) is 18.2 Å². The molecule has 0 saturated heterocycles. The van der Waals surface area contributed by atoms with Gasteiger partial charge in [0.1, 0.15) is 0 Å². The molecule has 0 radical (unpaired) electrons. The summed E-state index contributed by atoms with van der Waals surface area (Å²) in [5.74, 6) is -7.40. The molecule has 0 N–H and O–H groups in total. The van der Waals surface area contributed by atoms with Crippen LogP contribution in [0, 0.1) is 23.3 Å². The highest BCUT2D eigenvalue weighted by molar-refractivity contribution is 5.85. The van der Waals surface area contributed by atoms with Crippen molar-refractivity contribution in [1.82, 2.24) is 0 Å². The van der Waals surface area contributed by atoms with Gasteiger partial charge in [-0.15, -0.1) is 0 Å². The summed E-state index contributed by atoms with van der Waals surface area (Å²) in [7, 11) is 0. The van der Waals surface area contributed by atoms with E-state index in [1.165, 1.54) is 0 Å². The molecule has 0 unspecified atom stereocenters. The van der Waals surface area contributed by atoms with Crippen LogP contribution >= 0.6 is 0 Å². The molecule has 0 amide bonds. The van der Waals surface area contributed by atoms with E-state index in [9.17, 15) is 22.1 Å². The van der Waals surface area contributed by atoms with E-state index in [2.05, 4.69) is 4.94 Å². The van der Waals surface area contributed by atoms with Gasteiger partial charge < -0.3 is 0 Å². The number of benzene rings is 2. The quantitative estimate of drug-likeness (QED) is 0.415. The van der Waals surface area contributed by atoms with Crippen molar-refractivity contribution in [2.45, 2.75) is 0 Å². The van der Waals surface area contributed by atoms with E-state index in [0.29, 0.717) is 0 Å². The van der Waals surface area contributed by atoms with Gasteiger partial charge in [0.25, 0.3) is 0 Å². The van der Waals surface area contributed by atoms with Crippen LogP contribution in [0.5, 0.6) is 5.75 Å². The van der Waals surface area contributed by atoms with Crippen molar-refractivity contribution in [3.63, 3.8) is 0 Å². The smallest absolute Gasteiger partial charge is 0.198 e. The summed E-state index contributed by atoms with van der Waals surface area (Å²) in [5.41, 5.74) is 0. The first-order valence-electron chi connectivity index (χ1n) is 4.10. The van der Waals surface area contributed by atoms with E-state index in [1.807, 2.05) is 0 Å². The number of hydrogen-bond acceptors (Lipinski definition) is 1. The summed E-state index contributed by atoms with van der Waals surface area (Å²) in [6.45, 7) is 0. The zero-order valence-electron chi connectivity index (χ0n) is 7.53. The zero-order valence-corrected chi connectivity index (χ0v) is 7.53. The fourth-order valence-corrected chi connectivity index (χ4v) is 1.37. The van der Waals surface area contributed by atoms with Crippen LogP contribution in [-0.4, -0.2) is 0 Å². The number of rotatable bonds is 1. The van der Waals surface area contributed by atoms with Crippen LogP contribution in [0.2, 0.25) is 0 Å². The topological polar surface area (TPSA) is 9.23 Å². The Morgan fingerprint density at radius 3 is 1.88 bits per heavy atom. The first kappa shape index (κ1) is 10.7. The van der Waals surface area contributed by atoms with Crippen LogP contribution in [0.4, 0.5) is 22.1 Å². The van der Waals surface area contributed by atoms with Gasteiger partial charge in [0.05, 0.1) is 0 Å². The van der Waals surface area contributed by atoms with Gasteiger partial charge in [0.15, 0.2) is 29.0 Å². The largest absolute Gasteiger partial charge is 0.294 e. The van der Waals surface area contributed by atoms with Crippen LogP contribution < -0.4 is 4.94 Å². The molecule has 0 saturated carbocycles. The van der Waals surface area contributed by atoms with Crippen molar-refractivity contribution in [1.29, 1.82) is 0 Å². The minimum atomic E-state index is -1.94. The molecule has 0 atom stereocenters. The maximum absolute atomic E-state index is 13.2. The van der Waals surface area contributed by atoms with Gasteiger partial charge in [-0.1, -0.05) is 0 Å². The Morgan fingerprint density at radius 1 is 0.750 bits per heavy atom. The summed E-state index contributed by atoms with van der Waals surface area (Å²) in [6.07, 6.45) is 0. The van der Waals surface area contributed by atoms with Crippen molar-refractivity contribution in [3.8, 4) is 5.75 Å². The Labute approximate surface area is 86.0 Å². The third-order valence-electron chi connectivity index (χ3n) is 2.13. The molecule has 2 aromatic carbocycles. The van der Waals surface area contributed by atoms with E-state index in [0.717, 1.165) is 18.2 Å². The minimum Gasteiger partial charge on any atom is -0.294 e. The van der Waals surface area contributed by atoms with E-state index < -0.39 is 39.8 Å². The third kappa shape index (κ3) is 1.37.